The van der Waals surface area contributed by atoms with Crippen molar-refractivity contribution in [3.8, 4) is 0 Å². The molecule has 0 aromatic carbocycles. The van der Waals surface area contributed by atoms with E-state index >= 15 is 0 Å². The number of hydrogen-bond donors (Lipinski definition) is 0. The fourth-order valence-corrected chi connectivity index (χ4v) is 1.68. The minimum absolute atomic E-state index is 0.142. The molecule has 5 nitrogen and oxygen atoms in total. The summed E-state index contributed by atoms with van der Waals surface area (Å²) in [5.41, 5.74) is 1.83. The average molecular weight is 312 g/mol. The molecular weight excluding hydrogens is 284 g/mol. The molecule has 0 radical (unpaired) electrons. The van der Waals surface area contributed by atoms with Gasteiger partial charge in [0.2, 0.25) is 0 Å². The molecule has 2 rings (SSSR count). The van der Waals surface area contributed by atoms with E-state index in [0.29, 0.717) is 30.8 Å². The summed E-state index contributed by atoms with van der Waals surface area (Å²) in [6.45, 7) is 17.3. The third kappa shape index (κ3) is 7.20. The second-order valence-electron chi connectivity index (χ2n) is 6.13. The maximum absolute atomic E-state index is 10.7. The van der Waals surface area contributed by atoms with Crippen LogP contribution in [0.25, 0.3) is 0 Å². The lowest BCUT2D eigenvalue weighted by atomic mass is 9.84. The van der Waals surface area contributed by atoms with Crippen LogP contribution >= 0.6 is 0 Å². The molecule has 0 N–H and O–H groups in total. The molecular formula is C17H28O5. The van der Waals surface area contributed by atoms with Crippen LogP contribution in [0.4, 0.5) is 0 Å². The Kier molecular flexibility index (Phi) is 7.79. The van der Waals surface area contributed by atoms with Crippen LogP contribution in [0, 0.1) is 5.41 Å². The lowest BCUT2D eigenvalue weighted by Gasteiger charge is -2.40. The van der Waals surface area contributed by atoms with Crippen molar-refractivity contribution >= 4 is 5.97 Å². The van der Waals surface area contributed by atoms with Gasteiger partial charge in [-0.15, -0.1) is 0 Å². The molecule has 2 aliphatic heterocycles. The Morgan fingerprint density at radius 1 is 1.32 bits per heavy atom. The highest BCUT2D eigenvalue weighted by molar-refractivity contribution is 5.86. The molecule has 0 bridgehead atoms. The summed E-state index contributed by atoms with van der Waals surface area (Å²) in [5, 5.41) is 0. The highest BCUT2D eigenvalue weighted by Crippen LogP contribution is 2.31. The number of carbonyl (C=O) groups excluding carboxylic acids is 1. The summed E-state index contributed by atoms with van der Waals surface area (Å²) in [4.78, 5) is 10.7. The minimum atomic E-state index is -0.337. The summed E-state index contributed by atoms with van der Waals surface area (Å²) in [5.74, 6) is -0.337. The van der Waals surface area contributed by atoms with E-state index < -0.39 is 0 Å². The number of esters is 1. The third-order valence-electron chi connectivity index (χ3n) is 3.47. The van der Waals surface area contributed by atoms with E-state index in [2.05, 4.69) is 20.1 Å². The molecule has 2 saturated heterocycles. The van der Waals surface area contributed by atoms with Gasteiger partial charge in [0.05, 0.1) is 33.0 Å². The van der Waals surface area contributed by atoms with Gasteiger partial charge in [0.15, 0.2) is 0 Å². The minimum Gasteiger partial charge on any atom is -0.459 e. The Balaban J connectivity index is 0.000000224. The number of rotatable bonds is 8. The van der Waals surface area contributed by atoms with Crippen molar-refractivity contribution in [2.75, 3.05) is 39.6 Å². The Bertz CT molecular complexity index is 388. The zero-order chi connectivity index (χ0) is 16.6. The van der Waals surface area contributed by atoms with Crippen molar-refractivity contribution in [3.63, 3.8) is 0 Å². The molecule has 1 unspecified atom stereocenters. The van der Waals surface area contributed by atoms with Crippen LogP contribution in [0.2, 0.25) is 0 Å². The Labute approximate surface area is 133 Å². The highest BCUT2D eigenvalue weighted by atomic mass is 16.6. The number of epoxide rings is 1. The van der Waals surface area contributed by atoms with Gasteiger partial charge in [0, 0.05) is 11.0 Å². The molecule has 22 heavy (non-hydrogen) atoms. The average Bonchev–Trinajstić information content (AvgIpc) is 3.23. The van der Waals surface area contributed by atoms with Crippen LogP contribution < -0.4 is 0 Å². The second-order valence-corrected chi connectivity index (χ2v) is 6.13. The standard InChI is InChI=1S/C10H18O2.C7H10O3/c1-4-10(7-12-8-10)6-11-5-9(2)3;1-5(2)7(8)10-4-6-3-9-6/h2,4-8H2,1,3H3;6H,1,3-4H2,2H3. The van der Waals surface area contributed by atoms with Crippen molar-refractivity contribution in [2.45, 2.75) is 33.3 Å². The summed E-state index contributed by atoms with van der Waals surface area (Å²) < 4.78 is 20.3. The van der Waals surface area contributed by atoms with Crippen molar-refractivity contribution in [1.29, 1.82) is 0 Å². The SMILES string of the molecule is C=C(C)C(=O)OCC1CO1.C=C(C)COCC1(CC)COC1. The molecule has 2 fully saturated rings. The number of hydrogen-bond acceptors (Lipinski definition) is 5. The molecule has 0 saturated carbocycles. The first kappa shape index (κ1) is 18.9. The van der Waals surface area contributed by atoms with Crippen LogP contribution in [-0.4, -0.2) is 51.7 Å². The first-order valence-electron chi connectivity index (χ1n) is 7.62. The first-order valence-corrected chi connectivity index (χ1v) is 7.62. The highest BCUT2D eigenvalue weighted by Gasteiger charge is 2.36. The van der Waals surface area contributed by atoms with E-state index in [1.807, 2.05) is 6.92 Å². The van der Waals surface area contributed by atoms with Crippen LogP contribution in [0.5, 0.6) is 0 Å². The molecule has 2 heterocycles. The summed E-state index contributed by atoms with van der Waals surface area (Å²) in [7, 11) is 0. The molecule has 5 heteroatoms. The zero-order valence-corrected chi connectivity index (χ0v) is 14.0. The molecule has 0 amide bonds. The van der Waals surface area contributed by atoms with Gasteiger partial charge in [-0.1, -0.05) is 25.7 Å². The largest absolute Gasteiger partial charge is 0.459 e. The Morgan fingerprint density at radius 2 is 1.95 bits per heavy atom. The fourth-order valence-electron chi connectivity index (χ4n) is 1.68. The molecule has 0 spiro atoms. The predicted molar refractivity (Wildman–Crippen MR) is 84.7 cm³/mol. The van der Waals surface area contributed by atoms with Gasteiger partial charge in [0.1, 0.15) is 12.7 Å². The van der Waals surface area contributed by atoms with E-state index in [0.717, 1.165) is 31.8 Å². The van der Waals surface area contributed by atoms with Crippen molar-refractivity contribution in [2.24, 2.45) is 5.41 Å². The summed E-state index contributed by atoms with van der Waals surface area (Å²) in [6, 6.07) is 0. The van der Waals surface area contributed by atoms with E-state index in [1.54, 1.807) is 6.92 Å². The van der Waals surface area contributed by atoms with Crippen molar-refractivity contribution in [3.05, 3.63) is 24.3 Å². The fraction of sp³-hybridized carbons (Fsp3) is 0.706. The van der Waals surface area contributed by atoms with E-state index in [9.17, 15) is 4.79 Å². The molecule has 1 atom stereocenters. The summed E-state index contributed by atoms with van der Waals surface area (Å²) in [6.07, 6.45) is 1.28. The van der Waals surface area contributed by atoms with E-state index in [-0.39, 0.29) is 12.1 Å². The lowest BCUT2D eigenvalue weighted by Crippen LogP contribution is -2.45. The molecule has 0 aromatic rings. The summed E-state index contributed by atoms with van der Waals surface area (Å²) >= 11 is 0. The second kappa shape index (κ2) is 9.08. The third-order valence-corrected chi connectivity index (χ3v) is 3.47. The molecule has 0 aromatic heterocycles. The van der Waals surface area contributed by atoms with Gasteiger partial charge in [0.25, 0.3) is 0 Å². The Hall–Kier alpha value is -1.17. The van der Waals surface area contributed by atoms with Gasteiger partial charge in [-0.25, -0.2) is 4.79 Å². The molecule has 0 aliphatic carbocycles. The number of ether oxygens (including phenoxy) is 4. The van der Waals surface area contributed by atoms with Crippen LogP contribution in [-0.2, 0) is 23.7 Å². The van der Waals surface area contributed by atoms with Gasteiger partial charge in [-0.2, -0.15) is 0 Å². The first-order chi connectivity index (χ1) is 10.4. The predicted octanol–water partition coefficient (Wildman–Crippen LogP) is 2.51. The van der Waals surface area contributed by atoms with E-state index in [4.69, 9.17) is 18.9 Å². The normalized spacial score (nSPS) is 21.0. The van der Waals surface area contributed by atoms with Gasteiger partial charge in [-0.05, 0) is 20.3 Å². The number of carbonyl (C=O) groups is 1. The lowest BCUT2D eigenvalue weighted by molar-refractivity contribution is -0.148. The molecule has 126 valence electrons. The Morgan fingerprint density at radius 3 is 2.32 bits per heavy atom. The smallest absolute Gasteiger partial charge is 0.333 e. The van der Waals surface area contributed by atoms with Gasteiger partial charge < -0.3 is 18.9 Å². The molecule has 2 aliphatic rings. The maximum atomic E-state index is 10.7. The van der Waals surface area contributed by atoms with Gasteiger partial charge in [-0.3, -0.25) is 0 Å². The van der Waals surface area contributed by atoms with Crippen molar-refractivity contribution < 1.29 is 23.7 Å². The van der Waals surface area contributed by atoms with Crippen LogP contribution in [0.1, 0.15) is 27.2 Å². The van der Waals surface area contributed by atoms with Crippen LogP contribution in [0.15, 0.2) is 24.3 Å². The van der Waals surface area contributed by atoms with Crippen molar-refractivity contribution in [1.82, 2.24) is 0 Å². The topological polar surface area (TPSA) is 57.3 Å². The quantitative estimate of drug-likeness (QED) is 0.298. The maximum Gasteiger partial charge on any atom is 0.333 e. The van der Waals surface area contributed by atoms with Gasteiger partial charge >= 0.3 is 5.97 Å². The van der Waals surface area contributed by atoms with E-state index in [1.165, 1.54) is 0 Å². The monoisotopic (exact) mass is 312 g/mol. The zero-order valence-electron chi connectivity index (χ0n) is 14.0. The van der Waals surface area contributed by atoms with Crippen LogP contribution in [0.3, 0.4) is 0 Å².